The van der Waals surface area contributed by atoms with Gasteiger partial charge >= 0.3 is 11.9 Å². The van der Waals surface area contributed by atoms with Crippen molar-refractivity contribution >= 4 is 17.9 Å². The first-order chi connectivity index (χ1) is 41.6. The van der Waals surface area contributed by atoms with Crippen LogP contribution < -0.4 is 5.11 Å². The Hall–Kier alpha value is -4.31. The molecule has 0 radical (unpaired) electrons. The van der Waals surface area contributed by atoms with E-state index in [1.165, 1.54) is 154 Å². The molecule has 0 aromatic rings. The van der Waals surface area contributed by atoms with Crippen molar-refractivity contribution in [1.82, 2.24) is 0 Å². The SMILES string of the molecule is CC/C=C\C/C=C\C/C=C\C/C=C\C/C=C\C/C=C\C/C=C\C/C=C\CCCCCCCCCCCCCCC(=O)OC(COC(=O)CCCCCCCCCCCCC/C=C\C/C=C\CCCCCCC)COC(OCC[N+](C)(C)C)C(=O)[O-]. The van der Waals surface area contributed by atoms with E-state index in [9.17, 15) is 19.5 Å². The number of ether oxygens (including phenoxy) is 4. The van der Waals surface area contributed by atoms with Crippen molar-refractivity contribution in [3.8, 4) is 0 Å². The fraction of sp³-hybridized carbons (Fsp3) is 0.697. The van der Waals surface area contributed by atoms with Gasteiger partial charge in [-0.3, -0.25) is 9.59 Å². The minimum absolute atomic E-state index is 0.143. The number of esters is 2. The van der Waals surface area contributed by atoms with Crippen LogP contribution in [0, 0.1) is 0 Å². The predicted molar refractivity (Wildman–Crippen MR) is 361 cm³/mol. The lowest BCUT2D eigenvalue weighted by molar-refractivity contribution is -0.870. The number of quaternary nitrogens is 1. The molecule has 0 aromatic heterocycles. The molecule has 0 spiro atoms. The van der Waals surface area contributed by atoms with Gasteiger partial charge in [0.25, 0.3) is 0 Å². The third-order valence-electron chi connectivity index (χ3n) is 14.7. The molecule has 0 amide bonds. The van der Waals surface area contributed by atoms with Crippen LogP contribution in [-0.2, 0) is 33.3 Å². The fourth-order valence-electron chi connectivity index (χ4n) is 9.41. The molecule has 486 valence electrons. The number of carbonyl (C=O) groups is 3. The second-order valence-corrected chi connectivity index (χ2v) is 24.1. The van der Waals surface area contributed by atoms with Crippen LogP contribution in [0.25, 0.3) is 0 Å². The summed E-state index contributed by atoms with van der Waals surface area (Å²) >= 11 is 0. The first kappa shape index (κ1) is 80.7. The summed E-state index contributed by atoms with van der Waals surface area (Å²) in [6.07, 6.45) is 89.8. The van der Waals surface area contributed by atoms with E-state index >= 15 is 0 Å². The molecular formula is C76H129NO8. The predicted octanol–water partition coefficient (Wildman–Crippen LogP) is 20.2. The molecular weight excluding hydrogens is 1050 g/mol. The number of carboxylic acid groups (broad SMARTS) is 1. The first-order valence-electron chi connectivity index (χ1n) is 34.7. The number of carbonyl (C=O) groups excluding carboxylic acids is 3. The lowest BCUT2D eigenvalue weighted by Gasteiger charge is -2.26. The summed E-state index contributed by atoms with van der Waals surface area (Å²) in [5.74, 6) is -2.29. The number of likely N-dealkylation sites (N-methyl/N-ethyl adjacent to an activating group) is 1. The van der Waals surface area contributed by atoms with Gasteiger partial charge in [-0.15, -0.1) is 0 Å². The van der Waals surface area contributed by atoms with Crippen LogP contribution in [0.5, 0.6) is 0 Å². The highest BCUT2D eigenvalue weighted by Crippen LogP contribution is 2.16. The summed E-state index contributed by atoms with van der Waals surface area (Å²) in [4.78, 5) is 37.5. The minimum atomic E-state index is -1.63. The maximum Gasteiger partial charge on any atom is 0.306 e. The maximum atomic E-state index is 12.9. The van der Waals surface area contributed by atoms with Crippen molar-refractivity contribution in [2.24, 2.45) is 0 Å². The molecule has 0 aromatic carbocycles. The Balaban J connectivity index is 4.14. The molecule has 2 atom stereocenters. The second-order valence-electron chi connectivity index (χ2n) is 24.1. The third-order valence-corrected chi connectivity index (χ3v) is 14.7. The molecule has 9 nitrogen and oxygen atoms in total. The van der Waals surface area contributed by atoms with Gasteiger partial charge in [-0.1, -0.05) is 283 Å². The Bertz CT molecular complexity index is 1810. The highest BCUT2D eigenvalue weighted by molar-refractivity contribution is 5.70. The van der Waals surface area contributed by atoms with Gasteiger partial charge in [0.1, 0.15) is 13.2 Å². The zero-order valence-corrected chi connectivity index (χ0v) is 55.4. The van der Waals surface area contributed by atoms with E-state index in [1.54, 1.807) is 0 Å². The molecule has 0 fully saturated rings. The Morgan fingerprint density at radius 2 is 0.671 bits per heavy atom. The summed E-state index contributed by atoms with van der Waals surface area (Å²) < 4.78 is 22.8. The van der Waals surface area contributed by atoms with E-state index < -0.39 is 24.3 Å². The quantitative estimate of drug-likeness (QED) is 0.0195. The molecule has 9 heteroatoms. The van der Waals surface area contributed by atoms with E-state index in [-0.39, 0.29) is 38.6 Å². The van der Waals surface area contributed by atoms with Gasteiger partial charge in [0.2, 0.25) is 0 Å². The number of nitrogens with zero attached hydrogens (tertiary/aromatic N) is 1. The van der Waals surface area contributed by atoms with Crippen LogP contribution in [0.15, 0.2) is 122 Å². The molecule has 85 heavy (non-hydrogen) atoms. The number of unbranched alkanes of at least 4 members (excludes halogenated alkanes) is 28. The smallest absolute Gasteiger partial charge is 0.306 e. The molecule has 2 unspecified atom stereocenters. The highest BCUT2D eigenvalue weighted by Gasteiger charge is 2.22. The average molecular weight is 1180 g/mol. The lowest BCUT2D eigenvalue weighted by Crippen LogP contribution is -2.44. The number of carboxylic acids is 1. The van der Waals surface area contributed by atoms with Gasteiger partial charge in [0.15, 0.2) is 12.4 Å². The van der Waals surface area contributed by atoms with Crippen LogP contribution in [0.3, 0.4) is 0 Å². The standard InChI is InChI=1S/C76H129NO8/c1-6-8-10-12-14-16-18-20-22-24-26-28-30-31-32-33-34-35-36-37-38-39-40-41-42-43-45-47-49-51-53-55-57-59-61-63-65-67-74(79)85-72(71-84-76(75(80)81)82-69-68-77(3,4)5)70-83-73(78)66-64-62-60-58-56-54-52-50-48-46-44-29-27-25-23-21-19-17-15-13-11-9-7-2/h8,10,14,16,19-22,25-28,31-32,34-35,37-38,40-41,72,76H,6-7,9,11-13,15,17-18,23-24,29-30,33,36,39,42-71H2,1-5H3/b10-8-,16-14-,21-19-,22-20-,27-25-,28-26-,32-31-,35-34-,38-37-,41-40-. The zero-order chi connectivity index (χ0) is 61.9. The summed E-state index contributed by atoms with van der Waals surface area (Å²) in [6, 6.07) is 0. The molecule has 0 N–H and O–H groups in total. The fourth-order valence-corrected chi connectivity index (χ4v) is 9.41. The Morgan fingerprint density at radius 1 is 0.365 bits per heavy atom. The number of allylic oxidation sites excluding steroid dienone is 20. The molecule has 0 aliphatic rings. The summed E-state index contributed by atoms with van der Waals surface area (Å²) in [5.41, 5.74) is 0. The van der Waals surface area contributed by atoms with Gasteiger partial charge in [0, 0.05) is 12.8 Å². The van der Waals surface area contributed by atoms with E-state index in [0.29, 0.717) is 17.4 Å². The summed E-state index contributed by atoms with van der Waals surface area (Å²) in [7, 11) is 5.93. The van der Waals surface area contributed by atoms with Gasteiger partial charge < -0.3 is 33.3 Å². The number of hydrogen-bond acceptors (Lipinski definition) is 8. The molecule has 0 saturated heterocycles. The summed E-state index contributed by atoms with van der Waals surface area (Å²) in [5, 5.41) is 11.8. The zero-order valence-electron chi connectivity index (χ0n) is 55.4. The van der Waals surface area contributed by atoms with Crippen molar-refractivity contribution in [1.29, 1.82) is 0 Å². The van der Waals surface area contributed by atoms with Crippen molar-refractivity contribution < 1.29 is 42.9 Å². The number of hydrogen-bond donors (Lipinski definition) is 0. The number of aliphatic carboxylic acids is 1. The second kappa shape index (κ2) is 65.7. The monoisotopic (exact) mass is 1180 g/mol. The highest BCUT2D eigenvalue weighted by atomic mass is 16.7. The van der Waals surface area contributed by atoms with Crippen molar-refractivity contribution in [2.75, 3.05) is 47.5 Å². The molecule has 0 saturated carbocycles. The average Bonchev–Trinajstić information content (AvgIpc) is 3.48. The maximum absolute atomic E-state index is 12.9. The molecule has 0 rings (SSSR count). The Labute approximate surface area is 523 Å². The number of rotatable bonds is 63. The normalized spacial score (nSPS) is 13.5. The Morgan fingerprint density at radius 3 is 1.00 bits per heavy atom. The van der Waals surface area contributed by atoms with Gasteiger partial charge in [-0.25, -0.2) is 0 Å². The largest absolute Gasteiger partial charge is 0.545 e. The van der Waals surface area contributed by atoms with E-state index in [1.807, 2.05) is 21.1 Å². The van der Waals surface area contributed by atoms with Crippen molar-refractivity contribution in [3.63, 3.8) is 0 Å². The molecule has 0 bridgehead atoms. The van der Waals surface area contributed by atoms with Crippen LogP contribution >= 0.6 is 0 Å². The topological polar surface area (TPSA) is 111 Å². The van der Waals surface area contributed by atoms with Gasteiger partial charge in [0.05, 0.1) is 40.3 Å². The van der Waals surface area contributed by atoms with E-state index in [2.05, 4.69) is 135 Å². The lowest BCUT2D eigenvalue weighted by atomic mass is 10.0. The minimum Gasteiger partial charge on any atom is -0.545 e. The van der Waals surface area contributed by atoms with Crippen LogP contribution in [0.4, 0.5) is 0 Å². The van der Waals surface area contributed by atoms with Crippen LogP contribution in [-0.4, -0.2) is 82.3 Å². The van der Waals surface area contributed by atoms with Crippen molar-refractivity contribution in [2.45, 2.75) is 296 Å². The van der Waals surface area contributed by atoms with E-state index in [0.717, 1.165) is 96.3 Å². The first-order valence-corrected chi connectivity index (χ1v) is 34.7. The third kappa shape index (κ3) is 67.1. The molecule has 0 aliphatic heterocycles. The molecule has 0 aliphatic carbocycles. The summed E-state index contributed by atoms with van der Waals surface area (Å²) in [6.45, 7) is 4.63. The van der Waals surface area contributed by atoms with Crippen molar-refractivity contribution in [3.05, 3.63) is 122 Å². The van der Waals surface area contributed by atoms with E-state index in [4.69, 9.17) is 18.9 Å². The van der Waals surface area contributed by atoms with Crippen LogP contribution in [0.2, 0.25) is 0 Å². The van der Waals surface area contributed by atoms with Gasteiger partial charge in [-0.2, -0.15) is 0 Å². The Kier molecular flexibility index (Phi) is 62.3. The van der Waals surface area contributed by atoms with Gasteiger partial charge in [-0.05, 0) is 109 Å². The molecule has 0 heterocycles. The van der Waals surface area contributed by atoms with Crippen LogP contribution in [0.1, 0.15) is 284 Å².